The molecule has 1 aliphatic heterocycles. The molecule has 2 rings (SSSR count). The Hall–Kier alpha value is -0.0800. The Balaban J connectivity index is 2.03. The minimum absolute atomic E-state index is 0.495. The van der Waals surface area contributed by atoms with Gasteiger partial charge in [0.1, 0.15) is 0 Å². The smallest absolute Gasteiger partial charge is 0.0616 e. The summed E-state index contributed by atoms with van der Waals surface area (Å²) in [6, 6.07) is 0.669. The van der Waals surface area contributed by atoms with Gasteiger partial charge in [0.25, 0.3) is 0 Å². The molecule has 0 aromatic rings. The fraction of sp³-hybridized carbons (Fsp3) is 1.00. The number of hydrogen-bond acceptors (Lipinski definition) is 2. The van der Waals surface area contributed by atoms with Crippen LogP contribution in [0, 0.1) is 23.7 Å². The molecular weight excluding hydrogens is 222 g/mol. The van der Waals surface area contributed by atoms with Crippen LogP contribution in [0.2, 0.25) is 0 Å². The second kappa shape index (κ2) is 6.38. The van der Waals surface area contributed by atoms with Crippen molar-refractivity contribution in [2.75, 3.05) is 13.7 Å². The first-order valence-electron chi connectivity index (χ1n) is 7.94. The van der Waals surface area contributed by atoms with E-state index in [4.69, 9.17) is 4.74 Å². The highest BCUT2D eigenvalue weighted by Gasteiger charge is 2.39. The molecule has 2 nitrogen and oxygen atoms in total. The summed E-state index contributed by atoms with van der Waals surface area (Å²) < 4.78 is 5.90. The van der Waals surface area contributed by atoms with Gasteiger partial charge in [-0.15, -0.1) is 0 Å². The van der Waals surface area contributed by atoms with E-state index in [-0.39, 0.29) is 0 Å². The maximum absolute atomic E-state index is 5.90. The van der Waals surface area contributed by atoms with Crippen molar-refractivity contribution in [3.05, 3.63) is 0 Å². The predicted octanol–water partition coefficient (Wildman–Crippen LogP) is 3.46. The van der Waals surface area contributed by atoms with Crippen LogP contribution in [0.25, 0.3) is 0 Å². The van der Waals surface area contributed by atoms with Crippen molar-refractivity contribution in [1.82, 2.24) is 5.32 Å². The molecule has 0 aromatic heterocycles. The van der Waals surface area contributed by atoms with E-state index >= 15 is 0 Å². The van der Waals surface area contributed by atoms with Crippen LogP contribution in [0.1, 0.15) is 52.9 Å². The van der Waals surface area contributed by atoms with Gasteiger partial charge in [-0.25, -0.2) is 0 Å². The summed E-state index contributed by atoms with van der Waals surface area (Å²) in [4.78, 5) is 0. The van der Waals surface area contributed by atoms with Crippen LogP contribution >= 0.6 is 0 Å². The van der Waals surface area contributed by atoms with E-state index in [1.54, 1.807) is 0 Å². The summed E-state index contributed by atoms with van der Waals surface area (Å²) >= 11 is 0. The highest BCUT2D eigenvalue weighted by Crippen LogP contribution is 2.39. The lowest BCUT2D eigenvalue weighted by Crippen LogP contribution is -2.45. The summed E-state index contributed by atoms with van der Waals surface area (Å²) in [6.45, 7) is 8.09. The van der Waals surface area contributed by atoms with E-state index in [1.807, 2.05) is 0 Å². The Labute approximate surface area is 113 Å². The lowest BCUT2D eigenvalue weighted by atomic mass is 9.70. The van der Waals surface area contributed by atoms with Crippen molar-refractivity contribution in [2.45, 2.75) is 65.0 Å². The molecule has 5 unspecified atom stereocenters. The van der Waals surface area contributed by atoms with E-state index in [0.717, 1.165) is 30.3 Å². The Kier molecular flexibility index (Phi) is 5.08. The molecule has 0 aromatic carbocycles. The van der Waals surface area contributed by atoms with Gasteiger partial charge in [0.05, 0.1) is 6.10 Å². The molecule has 18 heavy (non-hydrogen) atoms. The maximum atomic E-state index is 5.90. The van der Waals surface area contributed by atoms with Gasteiger partial charge in [0, 0.05) is 18.6 Å². The molecule has 106 valence electrons. The third-order valence-electron chi connectivity index (χ3n) is 5.18. The van der Waals surface area contributed by atoms with Crippen LogP contribution in [0.15, 0.2) is 0 Å². The number of ether oxygens (including phenoxy) is 1. The minimum atomic E-state index is 0.495. The van der Waals surface area contributed by atoms with Gasteiger partial charge in [0.2, 0.25) is 0 Å². The van der Waals surface area contributed by atoms with Gasteiger partial charge in [-0.1, -0.05) is 20.8 Å². The summed E-state index contributed by atoms with van der Waals surface area (Å²) in [5, 5.41) is 3.64. The summed E-state index contributed by atoms with van der Waals surface area (Å²) in [7, 11) is 2.15. The molecule has 1 heterocycles. The van der Waals surface area contributed by atoms with Crippen LogP contribution in [0.5, 0.6) is 0 Å². The SMILES string of the molecule is CCC1OCCC1C(NC)C1CC(C)CC(C)C1. The first kappa shape index (κ1) is 14.3. The third kappa shape index (κ3) is 3.08. The lowest BCUT2D eigenvalue weighted by Gasteiger charge is -2.40. The second-order valence-electron chi connectivity index (χ2n) is 6.76. The van der Waals surface area contributed by atoms with Gasteiger partial charge in [-0.05, 0) is 56.9 Å². The first-order chi connectivity index (χ1) is 8.65. The van der Waals surface area contributed by atoms with Gasteiger partial charge in [-0.2, -0.15) is 0 Å². The molecule has 1 aliphatic carbocycles. The van der Waals surface area contributed by atoms with Crippen molar-refractivity contribution < 1.29 is 4.74 Å². The highest BCUT2D eigenvalue weighted by atomic mass is 16.5. The molecule has 1 saturated carbocycles. The summed E-state index contributed by atoms with van der Waals surface area (Å²) in [5.74, 6) is 3.39. The number of rotatable bonds is 4. The van der Waals surface area contributed by atoms with Gasteiger partial charge in [-0.3, -0.25) is 0 Å². The number of hydrogen-bond donors (Lipinski definition) is 1. The van der Waals surface area contributed by atoms with E-state index in [0.29, 0.717) is 12.1 Å². The second-order valence-corrected chi connectivity index (χ2v) is 6.76. The molecule has 2 fully saturated rings. The van der Waals surface area contributed by atoms with E-state index in [9.17, 15) is 0 Å². The fourth-order valence-electron chi connectivity index (χ4n) is 4.60. The van der Waals surface area contributed by atoms with Crippen molar-refractivity contribution in [3.63, 3.8) is 0 Å². The monoisotopic (exact) mass is 253 g/mol. The number of nitrogens with one attached hydrogen (secondary N) is 1. The molecule has 1 saturated heterocycles. The summed E-state index contributed by atoms with van der Waals surface area (Å²) in [6.07, 6.45) is 7.15. The van der Waals surface area contributed by atoms with Crippen LogP contribution in [-0.4, -0.2) is 25.8 Å². The zero-order valence-electron chi connectivity index (χ0n) is 12.6. The molecule has 5 atom stereocenters. The molecule has 2 heteroatoms. The van der Waals surface area contributed by atoms with Crippen LogP contribution in [-0.2, 0) is 4.74 Å². The largest absolute Gasteiger partial charge is 0.378 e. The van der Waals surface area contributed by atoms with Crippen LogP contribution < -0.4 is 5.32 Å². The van der Waals surface area contributed by atoms with Crippen LogP contribution in [0.4, 0.5) is 0 Å². The topological polar surface area (TPSA) is 21.3 Å². The van der Waals surface area contributed by atoms with Gasteiger partial charge in [0.15, 0.2) is 0 Å². The molecule has 1 N–H and O–H groups in total. The molecule has 0 bridgehead atoms. The zero-order valence-corrected chi connectivity index (χ0v) is 12.6. The van der Waals surface area contributed by atoms with Gasteiger partial charge >= 0.3 is 0 Å². The highest BCUT2D eigenvalue weighted by molar-refractivity contribution is 4.92. The van der Waals surface area contributed by atoms with Gasteiger partial charge < -0.3 is 10.1 Å². The lowest BCUT2D eigenvalue weighted by molar-refractivity contribution is 0.0591. The first-order valence-corrected chi connectivity index (χ1v) is 7.94. The summed E-state index contributed by atoms with van der Waals surface area (Å²) in [5.41, 5.74) is 0. The molecule has 0 radical (unpaired) electrons. The standard InChI is InChI=1S/C16H31NO/c1-5-15-14(6-7-18-15)16(17-4)13-9-11(2)8-12(3)10-13/h11-17H,5-10H2,1-4H3. The van der Waals surface area contributed by atoms with Crippen molar-refractivity contribution >= 4 is 0 Å². The Morgan fingerprint density at radius 3 is 2.39 bits per heavy atom. The molecule has 0 amide bonds. The zero-order chi connectivity index (χ0) is 13.1. The van der Waals surface area contributed by atoms with Crippen molar-refractivity contribution in [3.8, 4) is 0 Å². The average molecular weight is 253 g/mol. The fourth-order valence-corrected chi connectivity index (χ4v) is 4.60. The molecule has 2 aliphatic rings. The average Bonchev–Trinajstić information content (AvgIpc) is 2.77. The maximum Gasteiger partial charge on any atom is 0.0616 e. The van der Waals surface area contributed by atoms with E-state index in [2.05, 4.69) is 33.1 Å². The van der Waals surface area contributed by atoms with Crippen LogP contribution in [0.3, 0.4) is 0 Å². The minimum Gasteiger partial charge on any atom is -0.378 e. The molecule has 0 spiro atoms. The quantitative estimate of drug-likeness (QED) is 0.828. The normalized spacial score (nSPS) is 43.0. The third-order valence-corrected chi connectivity index (χ3v) is 5.18. The Morgan fingerprint density at radius 1 is 1.17 bits per heavy atom. The van der Waals surface area contributed by atoms with E-state index < -0.39 is 0 Å². The van der Waals surface area contributed by atoms with Crippen molar-refractivity contribution in [2.24, 2.45) is 23.7 Å². The van der Waals surface area contributed by atoms with Crippen molar-refractivity contribution in [1.29, 1.82) is 0 Å². The Morgan fingerprint density at radius 2 is 1.83 bits per heavy atom. The molecular formula is C16H31NO. The predicted molar refractivity (Wildman–Crippen MR) is 76.7 cm³/mol. The van der Waals surface area contributed by atoms with E-state index in [1.165, 1.54) is 32.1 Å². The Bertz CT molecular complexity index is 245.